The third-order valence-corrected chi connectivity index (χ3v) is 3.43. The average Bonchev–Trinajstić information content (AvgIpc) is 2.82. The Hall–Kier alpha value is -1.68. The summed E-state index contributed by atoms with van der Waals surface area (Å²) < 4.78 is 0. The summed E-state index contributed by atoms with van der Waals surface area (Å²) >= 11 is 1.61. The van der Waals surface area contributed by atoms with Crippen molar-refractivity contribution >= 4 is 17.2 Å². The molecule has 0 aliphatic rings. The van der Waals surface area contributed by atoms with Gasteiger partial charge in [-0.15, -0.1) is 0 Å². The van der Waals surface area contributed by atoms with E-state index in [0.29, 0.717) is 6.42 Å². The number of rotatable bonds is 4. The Labute approximate surface area is 111 Å². The van der Waals surface area contributed by atoms with Crippen molar-refractivity contribution in [2.45, 2.75) is 26.3 Å². The van der Waals surface area contributed by atoms with Gasteiger partial charge >= 0.3 is 0 Å². The molecule has 0 aromatic carbocycles. The highest BCUT2D eigenvalue weighted by Crippen LogP contribution is 2.11. The van der Waals surface area contributed by atoms with Crippen LogP contribution in [-0.4, -0.2) is 10.9 Å². The molecule has 2 aromatic rings. The normalized spacial score (nSPS) is 12.1. The van der Waals surface area contributed by atoms with Crippen LogP contribution in [0.5, 0.6) is 0 Å². The third-order valence-electron chi connectivity index (χ3n) is 2.70. The summed E-state index contributed by atoms with van der Waals surface area (Å²) in [5.74, 6) is 0.0308. The first kappa shape index (κ1) is 12.8. The molecule has 1 N–H and O–H groups in total. The molecular weight excluding hydrogens is 244 g/mol. The van der Waals surface area contributed by atoms with E-state index in [-0.39, 0.29) is 11.9 Å². The van der Waals surface area contributed by atoms with Gasteiger partial charge in [-0.25, -0.2) is 0 Å². The Kier molecular flexibility index (Phi) is 4.10. The van der Waals surface area contributed by atoms with Gasteiger partial charge < -0.3 is 5.32 Å². The molecule has 1 atom stereocenters. The van der Waals surface area contributed by atoms with Crippen molar-refractivity contribution in [1.82, 2.24) is 10.3 Å². The maximum Gasteiger partial charge on any atom is 0.224 e. The Morgan fingerprint density at radius 1 is 1.44 bits per heavy atom. The molecule has 0 bridgehead atoms. The molecule has 3 nitrogen and oxygen atoms in total. The van der Waals surface area contributed by atoms with Gasteiger partial charge in [0, 0.05) is 6.20 Å². The van der Waals surface area contributed by atoms with Crippen LogP contribution in [0.2, 0.25) is 0 Å². The van der Waals surface area contributed by atoms with E-state index in [4.69, 9.17) is 0 Å². The van der Waals surface area contributed by atoms with Crippen molar-refractivity contribution in [3.05, 3.63) is 52.0 Å². The van der Waals surface area contributed by atoms with E-state index in [1.165, 1.54) is 0 Å². The standard InChI is InChI=1S/C14H16N2OS/c1-10-3-4-13(15-8-10)11(2)16-14(17)7-12-5-6-18-9-12/h3-6,8-9,11H,7H2,1-2H3,(H,16,17)/t11-/m1/s1. The highest BCUT2D eigenvalue weighted by molar-refractivity contribution is 7.07. The lowest BCUT2D eigenvalue weighted by molar-refractivity contribution is -0.121. The number of hydrogen-bond donors (Lipinski definition) is 1. The summed E-state index contributed by atoms with van der Waals surface area (Å²) in [5.41, 5.74) is 3.07. The topological polar surface area (TPSA) is 42.0 Å². The van der Waals surface area contributed by atoms with E-state index in [9.17, 15) is 4.79 Å². The highest BCUT2D eigenvalue weighted by atomic mass is 32.1. The van der Waals surface area contributed by atoms with Gasteiger partial charge in [-0.3, -0.25) is 9.78 Å². The van der Waals surface area contributed by atoms with Crippen molar-refractivity contribution in [3.63, 3.8) is 0 Å². The van der Waals surface area contributed by atoms with Crippen LogP contribution in [0, 0.1) is 6.92 Å². The zero-order chi connectivity index (χ0) is 13.0. The molecule has 0 fully saturated rings. The Bertz CT molecular complexity index is 505. The Balaban J connectivity index is 1.92. The molecule has 2 heterocycles. The minimum Gasteiger partial charge on any atom is -0.348 e. The van der Waals surface area contributed by atoms with Crippen molar-refractivity contribution in [3.8, 4) is 0 Å². The van der Waals surface area contributed by atoms with E-state index < -0.39 is 0 Å². The van der Waals surface area contributed by atoms with E-state index in [2.05, 4.69) is 10.3 Å². The summed E-state index contributed by atoms with van der Waals surface area (Å²) in [5, 5.41) is 6.93. The second-order valence-electron chi connectivity index (χ2n) is 4.36. The van der Waals surface area contributed by atoms with Crippen LogP contribution >= 0.6 is 11.3 Å². The SMILES string of the molecule is Cc1ccc([C@@H](C)NC(=O)Cc2ccsc2)nc1. The molecule has 0 aliphatic heterocycles. The highest BCUT2D eigenvalue weighted by Gasteiger charge is 2.11. The van der Waals surface area contributed by atoms with Gasteiger partial charge in [-0.2, -0.15) is 11.3 Å². The van der Waals surface area contributed by atoms with Crippen molar-refractivity contribution in [1.29, 1.82) is 0 Å². The van der Waals surface area contributed by atoms with E-state index >= 15 is 0 Å². The van der Waals surface area contributed by atoms with Crippen molar-refractivity contribution in [2.24, 2.45) is 0 Å². The van der Waals surface area contributed by atoms with Crippen LogP contribution < -0.4 is 5.32 Å². The van der Waals surface area contributed by atoms with Crippen LogP contribution in [0.25, 0.3) is 0 Å². The van der Waals surface area contributed by atoms with Gasteiger partial charge in [0.2, 0.25) is 5.91 Å². The predicted molar refractivity (Wildman–Crippen MR) is 73.6 cm³/mol. The van der Waals surface area contributed by atoms with Gasteiger partial charge in [0.1, 0.15) is 0 Å². The lowest BCUT2D eigenvalue weighted by Crippen LogP contribution is -2.28. The zero-order valence-electron chi connectivity index (χ0n) is 10.5. The van der Waals surface area contributed by atoms with Crippen molar-refractivity contribution in [2.75, 3.05) is 0 Å². The molecule has 0 aliphatic carbocycles. The first-order valence-electron chi connectivity index (χ1n) is 5.88. The summed E-state index contributed by atoms with van der Waals surface area (Å²) in [6, 6.07) is 5.87. The monoisotopic (exact) mass is 260 g/mol. The number of pyridine rings is 1. The number of amides is 1. The molecule has 0 radical (unpaired) electrons. The van der Waals surface area contributed by atoms with Gasteiger partial charge in [0.05, 0.1) is 18.2 Å². The fourth-order valence-corrected chi connectivity index (χ4v) is 2.35. The molecule has 0 saturated heterocycles. The van der Waals surface area contributed by atoms with Crippen LogP contribution in [0.4, 0.5) is 0 Å². The summed E-state index contributed by atoms with van der Waals surface area (Å²) in [7, 11) is 0. The molecule has 0 saturated carbocycles. The maximum atomic E-state index is 11.8. The molecule has 0 unspecified atom stereocenters. The minimum absolute atomic E-state index is 0.0308. The molecule has 1 amide bonds. The van der Waals surface area contributed by atoms with Gasteiger partial charge in [0.25, 0.3) is 0 Å². The Morgan fingerprint density at radius 2 is 2.28 bits per heavy atom. The van der Waals surface area contributed by atoms with Gasteiger partial charge in [-0.05, 0) is 47.9 Å². The summed E-state index contributed by atoms with van der Waals surface area (Å²) in [6.07, 6.45) is 2.25. The lowest BCUT2D eigenvalue weighted by atomic mass is 10.1. The van der Waals surface area contributed by atoms with Crippen LogP contribution in [0.1, 0.15) is 29.8 Å². The molecule has 94 valence electrons. The number of carbonyl (C=O) groups is 1. The summed E-state index contributed by atoms with van der Waals surface area (Å²) in [6.45, 7) is 3.94. The first-order valence-corrected chi connectivity index (χ1v) is 6.82. The Morgan fingerprint density at radius 3 is 2.89 bits per heavy atom. The van der Waals surface area contributed by atoms with Crippen molar-refractivity contribution < 1.29 is 4.79 Å². The van der Waals surface area contributed by atoms with Crippen LogP contribution in [0.3, 0.4) is 0 Å². The van der Waals surface area contributed by atoms with Crippen LogP contribution in [0.15, 0.2) is 35.2 Å². The fourth-order valence-electron chi connectivity index (χ4n) is 1.68. The molecular formula is C14H16N2OS. The first-order chi connectivity index (χ1) is 8.65. The van der Waals surface area contributed by atoms with E-state index in [0.717, 1.165) is 16.8 Å². The number of aryl methyl sites for hydroxylation is 1. The molecule has 2 rings (SSSR count). The molecule has 4 heteroatoms. The number of nitrogens with zero attached hydrogens (tertiary/aromatic N) is 1. The second-order valence-corrected chi connectivity index (χ2v) is 5.14. The molecule has 2 aromatic heterocycles. The fraction of sp³-hybridized carbons (Fsp3) is 0.286. The molecule has 0 spiro atoms. The second kappa shape index (κ2) is 5.78. The van der Waals surface area contributed by atoms with Gasteiger partial charge in [-0.1, -0.05) is 6.07 Å². The quantitative estimate of drug-likeness (QED) is 0.918. The summed E-state index contributed by atoms with van der Waals surface area (Å²) in [4.78, 5) is 16.1. The van der Waals surface area contributed by atoms with Crippen LogP contribution in [-0.2, 0) is 11.2 Å². The predicted octanol–water partition coefficient (Wildman–Crippen LogP) is 2.87. The van der Waals surface area contributed by atoms with Gasteiger partial charge in [0.15, 0.2) is 0 Å². The van der Waals surface area contributed by atoms with E-state index in [1.54, 1.807) is 11.3 Å². The third kappa shape index (κ3) is 3.40. The number of aromatic nitrogens is 1. The molecule has 18 heavy (non-hydrogen) atoms. The average molecular weight is 260 g/mol. The maximum absolute atomic E-state index is 11.8. The number of carbonyl (C=O) groups excluding carboxylic acids is 1. The number of hydrogen-bond acceptors (Lipinski definition) is 3. The minimum atomic E-state index is -0.0586. The van der Waals surface area contributed by atoms with E-state index in [1.807, 2.05) is 49.0 Å². The largest absolute Gasteiger partial charge is 0.348 e. The smallest absolute Gasteiger partial charge is 0.224 e. The number of thiophene rings is 1. The lowest BCUT2D eigenvalue weighted by Gasteiger charge is -2.13. The zero-order valence-corrected chi connectivity index (χ0v) is 11.3. The number of nitrogens with one attached hydrogen (secondary N) is 1.